The van der Waals surface area contributed by atoms with Gasteiger partial charge in [0.2, 0.25) is 5.91 Å². The van der Waals surface area contributed by atoms with Crippen LogP contribution in [0.4, 0.5) is 24.7 Å². The van der Waals surface area contributed by atoms with Gasteiger partial charge in [0, 0.05) is 16.1 Å². The van der Waals surface area contributed by atoms with E-state index >= 15 is 0 Å². The van der Waals surface area contributed by atoms with Crippen LogP contribution in [0.5, 0.6) is 0 Å². The van der Waals surface area contributed by atoms with E-state index < -0.39 is 17.6 Å². The van der Waals surface area contributed by atoms with E-state index in [2.05, 4.69) is 10.3 Å². The Morgan fingerprint density at radius 1 is 1.16 bits per heavy atom. The molecule has 0 atom stereocenters. The number of thioether (sulfide) groups is 1. The number of amides is 1. The second-order valence-corrected chi connectivity index (χ2v) is 7.95. The lowest BCUT2D eigenvalue weighted by atomic mass is 10.0. The van der Waals surface area contributed by atoms with Gasteiger partial charge in [0.05, 0.1) is 16.9 Å². The Bertz CT molecular complexity index is 1190. The minimum absolute atomic E-state index is 0.0597. The molecule has 156 valence electrons. The van der Waals surface area contributed by atoms with E-state index in [1.807, 2.05) is 12.1 Å². The SMILES string of the molecule is N#Cc1c(N)nc(SCC(=O)Nc2ccc(C(F)(F)F)cc2)c(C#N)c1-c1cccs1. The van der Waals surface area contributed by atoms with Crippen molar-refractivity contribution in [2.45, 2.75) is 11.2 Å². The van der Waals surface area contributed by atoms with Crippen LogP contribution in [0, 0.1) is 22.7 Å². The molecule has 0 saturated carbocycles. The van der Waals surface area contributed by atoms with E-state index in [0.29, 0.717) is 10.4 Å². The number of carbonyl (C=O) groups excluding carboxylic acids is 1. The van der Waals surface area contributed by atoms with Crippen LogP contribution in [0.15, 0.2) is 46.8 Å². The van der Waals surface area contributed by atoms with E-state index in [0.717, 1.165) is 36.0 Å². The molecule has 3 N–H and O–H groups in total. The van der Waals surface area contributed by atoms with E-state index in [-0.39, 0.29) is 33.4 Å². The minimum atomic E-state index is -4.46. The number of nitrogens with two attached hydrogens (primary N) is 1. The molecule has 0 aliphatic heterocycles. The third-order valence-electron chi connectivity index (χ3n) is 4.02. The normalized spacial score (nSPS) is 10.9. The molecular formula is C20H12F3N5OS2. The monoisotopic (exact) mass is 459 g/mol. The van der Waals surface area contributed by atoms with Crippen molar-refractivity contribution in [3.8, 4) is 22.6 Å². The van der Waals surface area contributed by atoms with Crippen molar-refractivity contribution in [2.75, 3.05) is 16.8 Å². The first kappa shape index (κ1) is 22.2. The van der Waals surface area contributed by atoms with Crippen molar-refractivity contribution < 1.29 is 18.0 Å². The predicted molar refractivity (Wildman–Crippen MR) is 112 cm³/mol. The summed E-state index contributed by atoms with van der Waals surface area (Å²) in [6, 6.07) is 11.5. The number of anilines is 2. The van der Waals surface area contributed by atoms with Crippen molar-refractivity contribution in [1.82, 2.24) is 4.98 Å². The number of aromatic nitrogens is 1. The Kier molecular flexibility index (Phi) is 6.49. The van der Waals surface area contributed by atoms with Crippen molar-refractivity contribution >= 4 is 40.5 Å². The van der Waals surface area contributed by atoms with Crippen molar-refractivity contribution in [3.63, 3.8) is 0 Å². The highest BCUT2D eigenvalue weighted by molar-refractivity contribution is 8.00. The Labute approximate surface area is 183 Å². The first-order valence-corrected chi connectivity index (χ1v) is 10.4. The maximum absolute atomic E-state index is 12.6. The van der Waals surface area contributed by atoms with Crippen molar-refractivity contribution in [2.24, 2.45) is 0 Å². The van der Waals surface area contributed by atoms with E-state index in [4.69, 9.17) is 5.73 Å². The fourth-order valence-electron chi connectivity index (χ4n) is 2.64. The van der Waals surface area contributed by atoms with E-state index in [1.54, 1.807) is 17.5 Å². The lowest BCUT2D eigenvalue weighted by Gasteiger charge is -2.12. The second kappa shape index (κ2) is 9.08. The van der Waals surface area contributed by atoms with Gasteiger partial charge in [0.15, 0.2) is 0 Å². The molecule has 31 heavy (non-hydrogen) atoms. The molecule has 1 amide bonds. The molecule has 0 spiro atoms. The fraction of sp³-hybridized carbons (Fsp3) is 0.100. The number of hydrogen-bond acceptors (Lipinski definition) is 7. The van der Waals surface area contributed by atoms with Crippen molar-refractivity contribution in [3.05, 3.63) is 58.5 Å². The van der Waals surface area contributed by atoms with Gasteiger partial charge >= 0.3 is 6.18 Å². The van der Waals surface area contributed by atoms with Gasteiger partial charge in [-0.05, 0) is 35.7 Å². The standard InChI is InChI=1S/C20H12F3N5OS2/c21-20(22,23)11-3-5-12(6-4-11)27-16(29)10-31-19-14(9-25)17(15-2-1-7-30-15)13(8-24)18(26)28-19/h1-7H,10H2,(H2,26,28)(H,27,29). The maximum atomic E-state index is 12.6. The van der Waals surface area contributed by atoms with Crippen LogP contribution in [0.3, 0.4) is 0 Å². The number of nitriles is 2. The zero-order valence-electron chi connectivity index (χ0n) is 15.5. The highest BCUT2D eigenvalue weighted by Gasteiger charge is 2.30. The number of halogens is 3. The lowest BCUT2D eigenvalue weighted by molar-refractivity contribution is -0.137. The number of nitrogens with one attached hydrogen (secondary N) is 1. The molecule has 0 aliphatic rings. The lowest BCUT2D eigenvalue weighted by Crippen LogP contribution is -2.15. The van der Waals surface area contributed by atoms with Crippen LogP contribution in [-0.4, -0.2) is 16.6 Å². The van der Waals surface area contributed by atoms with Gasteiger partial charge in [-0.25, -0.2) is 4.98 Å². The number of nitrogen functional groups attached to an aromatic ring is 1. The summed E-state index contributed by atoms with van der Waals surface area (Å²) < 4.78 is 37.9. The first-order valence-electron chi connectivity index (χ1n) is 8.52. The Hall–Kier alpha value is -3.54. The van der Waals surface area contributed by atoms with Crippen LogP contribution in [0.25, 0.3) is 10.4 Å². The third kappa shape index (κ3) is 4.97. The molecular weight excluding hydrogens is 447 g/mol. The van der Waals surface area contributed by atoms with E-state index in [1.165, 1.54) is 11.3 Å². The van der Waals surface area contributed by atoms with Gasteiger partial charge in [-0.3, -0.25) is 4.79 Å². The quantitative estimate of drug-likeness (QED) is 0.525. The molecule has 3 aromatic rings. The second-order valence-electron chi connectivity index (χ2n) is 6.04. The molecule has 0 saturated heterocycles. The minimum Gasteiger partial charge on any atom is -0.383 e. The largest absolute Gasteiger partial charge is 0.416 e. The smallest absolute Gasteiger partial charge is 0.383 e. The summed E-state index contributed by atoms with van der Waals surface area (Å²) in [7, 11) is 0. The number of nitrogens with zero attached hydrogens (tertiary/aromatic N) is 3. The van der Waals surface area contributed by atoms with Crippen LogP contribution in [0.2, 0.25) is 0 Å². The third-order valence-corrected chi connectivity index (χ3v) is 5.88. The average Bonchev–Trinajstić information content (AvgIpc) is 3.26. The van der Waals surface area contributed by atoms with E-state index in [9.17, 15) is 28.5 Å². The van der Waals surface area contributed by atoms with Gasteiger partial charge < -0.3 is 11.1 Å². The zero-order valence-corrected chi connectivity index (χ0v) is 17.2. The van der Waals surface area contributed by atoms with Gasteiger partial charge in [0.25, 0.3) is 0 Å². The molecule has 2 heterocycles. The Morgan fingerprint density at radius 2 is 1.84 bits per heavy atom. The topological polar surface area (TPSA) is 116 Å². The van der Waals surface area contributed by atoms with Gasteiger partial charge in [-0.1, -0.05) is 17.8 Å². The highest BCUT2D eigenvalue weighted by Crippen LogP contribution is 2.37. The Morgan fingerprint density at radius 3 is 2.39 bits per heavy atom. The van der Waals surface area contributed by atoms with Crippen LogP contribution < -0.4 is 11.1 Å². The summed E-state index contributed by atoms with van der Waals surface area (Å²) in [6.45, 7) is 0. The van der Waals surface area contributed by atoms with Crippen molar-refractivity contribution in [1.29, 1.82) is 10.5 Å². The molecule has 0 aliphatic carbocycles. The number of thiophene rings is 1. The zero-order chi connectivity index (χ0) is 22.6. The number of rotatable bonds is 5. The van der Waals surface area contributed by atoms with Crippen LogP contribution >= 0.6 is 23.1 Å². The first-order chi connectivity index (χ1) is 14.7. The molecule has 2 aromatic heterocycles. The summed E-state index contributed by atoms with van der Waals surface area (Å²) in [5.41, 5.74) is 5.84. The molecule has 11 heteroatoms. The number of hydrogen-bond donors (Lipinski definition) is 2. The molecule has 0 fully saturated rings. The summed E-state index contributed by atoms with van der Waals surface area (Å²) in [5, 5.41) is 23.6. The molecule has 3 rings (SSSR count). The number of benzene rings is 1. The molecule has 6 nitrogen and oxygen atoms in total. The summed E-state index contributed by atoms with van der Waals surface area (Å²) in [6.07, 6.45) is -4.46. The number of pyridine rings is 1. The molecule has 0 bridgehead atoms. The molecule has 0 unspecified atom stereocenters. The summed E-state index contributed by atoms with van der Waals surface area (Å²) in [5.74, 6) is -0.732. The predicted octanol–water partition coefficient (Wildman–Crippen LogP) is 4.89. The molecule has 1 aromatic carbocycles. The van der Waals surface area contributed by atoms with Gasteiger partial charge in [-0.2, -0.15) is 23.7 Å². The van der Waals surface area contributed by atoms with Crippen LogP contribution in [0.1, 0.15) is 16.7 Å². The van der Waals surface area contributed by atoms with Crippen LogP contribution in [-0.2, 0) is 11.0 Å². The summed E-state index contributed by atoms with van der Waals surface area (Å²) in [4.78, 5) is 17.0. The molecule has 0 radical (unpaired) electrons. The average molecular weight is 459 g/mol. The Balaban J connectivity index is 1.80. The van der Waals surface area contributed by atoms with Gasteiger partial charge in [0.1, 0.15) is 28.5 Å². The summed E-state index contributed by atoms with van der Waals surface area (Å²) >= 11 is 2.27. The number of carbonyl (C=O) groups is 1. The fourth-order valence-corrected chi connectivity index (χ4v) is 4.22. The van der Waals surface area contributed by atoms with Gasteiger partial charge in [-0.15, -0.1) is 11.3 Å². The number of alkyl halides is 3. The maximum Gasteiger partial charge on any atom is 0.416 e. The highest BCUT2D eigenvalue weighted by atomic mass is 32.2.